The number of hydrogen-bond donors (Lipinski definition) is 2. The van der Waals surface area contributed by atoms with Crippen molar-refractivity contribution in [1.82, 2.24) is 0 Å². The van der Waals surface area contributed by atoms with Crippen LogP contribution in [-0.2, 0) is 14.7 Å². The molecule has 36 valence electrons. The van der Waals surface area contributed by atoms with Crippen molar-refractivity contribution in [2.75, 3.05) is 0 Å². The molecule has 0 rings (SSSR count). The topological polar surface area (TPSA) is 66.8 Å². The molecule has 0 fully saturated rings. The average Bonchev–Trinajstić information content (AvgIpc) is 1.30. The first kappa shape index (κ1) is 9.63. The zero-order chi connectivity index (χ0) is 5.91. The molecule has 0 unspecified atom stereocenters. The Morgan fingerprint density at radius 3 is 2.14 bits per heavy atom. The second-order valence-corrected chi connectivity index (χ2v) is 7.58. The molecule has 0 heterocycles. The zero-order valence-corrected chi connectivity index (χ0v) is 11.0. The molecule has 7 heteroatoms. The summed E-state index contributed by atoms with van der Waals surface area (Å²) in [6, 6.07) is 0. The SMILES string of the molecule is O=P(O)(O)[O][Ti][Rb]. The van der Waals surface area contributed by atoms with Gasteiger partial charge in [-0.05, 0) is 0 Å². The first-order chi connectivity index (χ1) is 3.06. The fraction of sp³-hybridized carbons (Fsp3) is 0. The fourth-order valence-corrected chi connectivity index (χ4v) is 8.70. The van der Waals surface area contributed by atoms with Crippen LogP contribution >= 0.6 is 7.82 Å². The second-order valence-electron chi connectivity index (χ2n) is 0.786. The second kappa shape index (κ2) is 4.45. The van der Waals surface area contributed by atoms with Gasteiger partial charge in [0.15, 0.2) is 0 Å². The van der Waals surface area contributed by atoms with Gasteiger partial charge in [-0.3, -0.25) is 0 Å². The van der Waals surface area contributed by atoms with Gasteiger partial charge in [0, 0.05) is 0 Å². The summed E-state index contributed by atoms with van der Waals surface area (Å²) in [7, 11) is -4.70. The van der Waals surface area contributed by atoms with Crippen LogP contribution in [0.15, 0.2) is 0 Å². The normalized spacial score (nSPS) is 11.4. The van der Waals surface area contributed by atoms with E-state index in [9.17, 15) is 4.57 Å². The van der Waals surface area contributed by atoms with Crippen LogP contribution in [-0.4, -0.2) is 59.5 Å². The molecule has 7 heavy (non-hydrogen) atoms. The summed E-state index contributed by atoms with van der Waals surface area (Å²) in [5.74, 6) is 0. The summed E-state index contributed by atoms with van der Waals surface area (Å²) in [6.45, 7) is 0. The predicted molar refractivity (Wildman–Crippen MR) is 18.9 cm³/mol. The van der Waals surface area contributed by atoms with E-state index in [1.165, 1.54) is 0 Å². The Kier molecular flexibility index (Phi) is 6.12. The van der Waals surface area contributed by atoms with E-state index >= 15 is 0 Å². The van der Waals surface area contributed by atoms with Gasteiger partial charge in [0.05, 0.1) is 0 Å². The zero-order valence-electron chi connectivity index (χ0n) is 3.66. The third kappa shape index (κ3) is 8.63. The van der Waals surface area contributed by atoms with Crippen LogP contribution in [0.5, 0.6) is 0 Å². The van der Waals surface area contributed by atoms with Gasteiger partial charge in [-0.2, -0.15) is 0 Å². The Balaban J connectivity index is 3.36. The van der Waals surface area contributed by atoms with E-state index in [0.717, 1.165) is 0 Å². The van der Waals surface area contributed by atoms with Crippen LogP contribution < -0.4 is 0 Å². The van der Waals surface area contributed by atoms with Gasteiger partial charge < -0.3 is 0 Å². The maximum absolute atomic E-state index is 9.77. The molecule has 2 N–H and O–H groups in total. The molecule has 0 aliphatic carbocycles. The quantitative estimate of drug-likeness (QED) is 0.480. The van der Waals surface area contributed by atoms with E-state index < -0.39 is 14.9 Å². The van der Waals surface area contributed by atoms with Crippen molar-refractivity contribution in [2.24, 2.45) is 0 Å². The van der Waals surface area contributed by atoms with Crippen molar-refractivity contribution >= 4 is 57.6 Å². The van der Waals surface area contributed by atoms with Crippen LogP contribution in [0, 0.1) is 0 Å². The van der Waals surface area contributed by atoms with E-state index in [1.807, 2.05) is 0 Å². The van der Waals surface area contributed by atoms with E-state index in [-0.39, 0.29) is 0 Å². The molecule has 0 atom stereocenters. The standard InChI is InChI=1S/H3O4P.Rb.Ti/c1-5(2,3)4;;/h(H3,1,2,3,4);;/q;;+1/p-1. The molecular formula is H2O4PRbTi. The monoisotopic (exact) mass is 230 g/mol. The average molecular weight is 230 g/mol. The molecule has 0 aliphatic rings. The van der Waals surface area contributed by atoms with Crippen molar-refractivity contribution in [3.05, 3.63) is 0 Å². The molecule has 0 bridgehead atoms. The molecule has 0 amide bonds. The Bertz CT molecular complexity index is 85.7. The summed E-state index contributed by atoms with van der Waals surface area (Å²) in [4.78, 5) is 15.9. The molecule has 0 aromatic carbocycles. The minimum atomic E-state index is -4.06. The van der Waals surface area contributed by atoms with Gasteiger partial charge in [-0.25, -0.2) is 0 Å². The van der Waals surface area contributed by atoms with Crippen LogP contribution in [0.4, 0.5) is 0 Å². The van der Waals surface area contributed by atoms with Gasteiger partial charge in [0.1, 0.15) is 0 Å². The summed E-state index contributed by atoms with van der Waals surface area (Å²) in [5.41, 5.74) is 0. The van der Waals surface area contributed by atoms with Crippen molar-refractivity contribution < 1.29 is 24.5 Å². The Labute approximate surface area is 79.7 Å². The van der Waals surface area contributed by atoms with Crippen molar-refractivity contribution in [2.45, 2.75) is 0 Å². The predicted octanol–water partition coefficient (Wildman–Crippen LogP) is -0.823. The van der Waals surface area contributed by atoms with Crippen molar-refractivity contribution in [1.29, 1.82) is 0 Å². The molecule has 0 spiro atoms. The molecule has 0 aliphatic heterocycles. The molecule has 0 radical (unpaired) electrons. The van der Waals surface area contributed by atoms with Gasteiger partial charge in [0.2, 0.25) is 0 Å². The Morgan fingerprint density at radius 2 is 2.14 bits per heavy atom. The number of rotatable bonds is 2. The van der Waals surface area contributed by atoms with Crippen LogP contribution in [0.25, 0.3) is 0 Å². The molecule has 0 saturated heterocycles. The molecule has 4 nitrogen and oxygen atoms in total. The van der Waals surface area contributed by atoms with Gasteiger partial charge in [-0.15, -0.1) is 0 Å². The van der Waals surface area contributed by atoms with Crippen molar-refractivity contribution in [3.63, 3.8) is 0 Å². The summed E-state index contributed by atoms with van der Waals surface area (Å²) < 4.78 is 13.9. The summed E-state index contributed by atoms with van der Waals surface area (Å²) >= 11 is 0.341. The fourth-order valence-electron chi connectivity index (χ4n) is 0.119. The Morgan fingerprint density at radius 1 is 1.71 bits per heavy atom. The summed E-state index contributed by atoms with van der Waals surface area (Å²) in [6.07, 6.45) is 0. The minimum absolute atomic E-state index is 0.341. The van der Waals surface area contributed by atoms with Crippen LogP contribution in [0.1, 0.15) is 0 Å². The maximum atomic E-state index is 9.77. The summed E-state index contributed by atoms with van der Waals surface area (Å²) in [5, 5.41) is 0. The van der Waals surface area contributed by atoms with Crippen LogP contribution in [0.3, 0.4) is 0 Å². The van der Waals surface area contributed by atoms with E-state index in [2.05, 4.69) is 3.11 Å². The van der Waals surface area contributed by atoms with Gasteiger partial charge in [0.25, 0.3) is 0 Å². The molecule has 0 aromatic rings. The number of phosphoric acid groups is 1. The third-order valence-corrected chi connectivity index (χ3v) is 8.15. The van der Waals surface area contributed by atoms with Gasteiger partial charge >= 0.3 is 82.1 Å². The third-order valence-electron chi connectivity index (χ3n) is 0.210. The van der Waals surface area contributed by atoms with Crippen LogP contribution in [0.2, 0.25) is 0 Å². The molecule has 0 aromatic heterocycles. The first-order valence-electron chi connectivity index (χ1n) is 1.47. The molecular weight excluding hydrogens is 228 g/mol. The Hall–Kier alpha value is 2.63. The molecule has 0 saturated carbocycles. The number of hydrogen-bond acceptors (Lipinski definition) is 2. The van der Waals surface area contributed by atoms with E-state index in [1.54, 1.807) is 0 Å². The first-order valence-corrected chi connectivity index (χ1v) is 15.3. The van der Waals surface area contributed by atoms with E-state index in [4.69, 9.17) is 9.79 Å². The van der Waals surface area contributed by atoms with E-state index in [0.29, 0.717) is 49.8 Å². The van der Waals surface area contributed by atoms with Crippen molar-refractivity contribution in [3.8, 4) is 0 Å². The van der Waals surface area contributed by atoms with Gasteiger partial charge in [-0.1, -0.05) is 0 Å².